The van der Waals surface area contributed by atoms with Crippen LogP contribution in [-0.2, 0) is 31.8 Å². The van der Waals surface area contributed by atoms with Gasteiger partial charge in [0, 0.05) is 6.92 Å². The predicted molar refractivity (Wildman–Crippen MR) is 152 cm³/mol. The van der Waals surface area contributed by atoms with E-state index in [1.807, 2.05) is 12.1 Å². The van der Waals surface area contributed by atoms with Crippen molar-refractivity contribution in [1.82, 2.24) is 15.6 Å². The van der Waals surface area contributed by atoms with Gasteiger partial charge in [0.15, 0.2) is 5.13 Å². The molecule has 2 aromatic rings. The Bertz CT molecular complexity index is 1210. The van der Waals surface area contributed by atoms with Gasteiger partial charge in [-0.05, 0) is 79.0 Å². The van der Waals surface area contributed by atoms with Crippen LogP contribution in [0.1, 0.15) is 76.3 Å². The number of aromatic nitrogens is 1. The summed E-state index contributed by atoms with van der Waals surface area (Å²) in [6.45, 7) is 13.6. The van der Waals surface area contributed by atoms with Crippen LogP contribution < -0.4 is 16.0 Å². The maximum atomic E-state index is 12.4. The van der Waals surface area contributed by atoms with E-state index in [0.29, 0.717) is 34.2 Å². The third-order valence-electron chi connectivity index (χ3n) is 4.51. The highest BCUT2D eigenvalue weighted by molar-refractivity contribution is 7.17. The molecule has 0 atom stereocenters. The molecular weight excluding hydrogens is 538 g/mol. The summed E-state index contributed by atoms with van der Waals surface area (Å²) in [4.78, 5) is 57.5. The number of nitrogens with zero attached hydrogens (tertiary/aromatic N) is 2. The van der Waals surface area contributed by atoms with E-state index in [1.54, 1.807) is 60.6 Å². The van der Waals surface area contributed by atoms with Gasteiger partial charge in [0.2, 0.25) is 11.9 Å². The zero-order valence-corrected chi connectivity index (χ0v) is 24.9. The van der Waals surface area contributed by atoms with Gasteiger partial charge in [-0.15, -0.1) is 0 Å². The lowest BCUT2D eigenvalue weighted by Crippen LogP contribution is -2.47. The molecule has 218 valence electrons. The van der Waals surface area contributed by atoms with Crippen LogP contribution in [0, 0.1) is 0 Å². The summed E-state index contributed by atoms with van der Waals surface area (Å²) in [6.07, 6.45) is -0.617. The molecule has 1 heterocycles. The minimum Gasteiger partial charge on any atom is -0.462 e. The Morgan fingerprint density at radius 1 is 0.900 bits per heavy atom. The van der Waals surface area contributed by atoms with Gasteiger partial charge in [-0.3, -0.25) is 15.4 Å². The van der Waals surface area contributed by atoms with Crippen molar-refractivity contribution in [2.45, 2.75) is 79.4 Å². The fourth-order valence-electron chi connectivity index (χ4n) is 3.10. The second-order valence-electron chi connectivity index (χ2n) is 10.6. The number of anilines is 1. The summed E-state index contributed by atoms with van der Waals surface area (Å²) in [6, 6.07) is 7.06. The molecule has 3 amide bonds. The van der Waals surface area contributed by atoms with Crippen LogP contribution in [0.4, 0.5) is 20.4 Å². The van der Waals surface area contributed by atoms with E-state index in [1.165, 1.54) is 6.92 Å². The highest BCUT2D eigenvalue weighted by atomic mass is 32.1. The molecule has 13 heteroatoms. The molecule has 0 spiro atoms. The van der Waals surface area contributed by atoms with Crippen molar-refractivity contribution in [2.75, 3.05) is 11.9 Å². The molecule has 1 aromatic heterocycles. The number of ether oxygens (including phenoxy) is 3. The number of guanidine groups is 1. The van der Waals surface area contributed by atoms with Crippen LogP contribution in [0.25, 0.3) is 0 Å². The fraction of sp³-hybridized carbons (Fsp3) is 0.481. The van der Waals surface area contributed by atoms with Crippen molar-refractivity contribution >= 4 is 52.2 Å². The number of esters is 1. The summed E-state index contributed by atoms with van der Waals surface area (Å²) >= 11 is 1.07. The lowest BCUT2D eigenvalue weighted by Gasteiger charge is -2.22. The third-order valence-corrected chi connectivity index (χ3v) is 5.50. The minimum absolute atomic E-state index is 0.164. The smallest absolute Gasteiger partial charge is 0.414 e. The van der Waals surface area contributed by atoms with Gasteiger partial charge >= 0.3 is 18.2 Å². The van der Waals surface area contributed by atoms with Gasteiger partial charge < -0.3 is 19.5 Å². The molecule has 1 aromatic carbocycles. The highest BCUT2D eigenvalue weighted by Gasteiger charge is 2.22. The number of rotatable bonds is 7. The summed E-state index contributed by atoms with van der Waals surface area (Å²) in [5.41, 5.74) is 0.385. The van der Waals surface area contributed by atoms with Crippen LogP contribution in [-0.4, -0.2) is 52.8 Å². The fourth-order valence-corrected chi connectivity index (χ4v) is 4.05. The van der Waals surface area contributed by atoms with Crippen molar-refractivity contribution in [2.24, 2.45) is 4.99 Å². The van der Waals surface area contributed by atoms with Crippen LogP contribution in [0.15, 0.2) is 29.3 Å². The average Bonchev–Trinajstić information content (AvgIpc) is 3.18. The van der Waals surface area contributed by atoms with Crippen molar-refractivity contribution < 1.29 is 33.4 Å². The molecule has 2 rings (SSSR count). The second-order valence-corrected chi connectivity index (χ2v) is 11.6. The molecule has 0 radical (unpaired) electrons. The SMILES string of the molecule is CCOC(=O)c1sc(NC(C)=O)nc1CCc1ccc(N=C(NC(=O)OC(C)(C)C)NC(=O)OC(C)(C)C)cc1. The van der Waals surface area contributed by atoms with Gasteiger partial charge in [0.1, 0.15) is 16.1 Å². The van der Waals surface area contributed by atoms with E-state index >= 15 is 0 Å². The number of carbonyl (C=O) groups is 4. The number of aliphatic imine (C=N–C) groups is 1. The monoisotopic (exact) mass is 575 g/mol. The topological polar surface area (TPSA) is 157 Å². The van der Waals surface area contributed by atoms with Crippen molar-refractivity contribution in [3.8, 4) is 0 Å². The quantitative estimate of drug-likeness (QED) is 0.178. The van der Waals surface area contributed by atoms with E-state index < -0.39 is 29.4 Å². The molecule has 0 saturated heterocycles. The summed E-state index contributed by atoms with van der Waals surface area (Å²) in [5.74, 6) is -0.935. The van der Waals surface area contributed by atoms with Crippen LogP contribution in [0.5, 0.6) is 0 Å². The minimum atomic E-state index is -0.793. The first-order valence-electron chi connectivity index (χ1n) is 12.7. The number of benzene rings is 1. The molecule has 0 saturated carbocycles. The molecule has 3 N–H and O–H groups in total. The Morgan fingerprint density at radius 2 is 1.45 bits per heavy atom. The van der Waals surface area contributed by atoms with Crippen LogP contribution in [0.3, 0.4) is 0 Å². The second kappa shape index (κ2) is 13.9. The van der Waals surface area contributed by atoms with Gasteiger partial charge in [-0.25, -0.2) is 24.4 Å². The maximum absolute atomic E-state index is 12.4. The molecular formula is C27H37N5O7S. The molecule has 0 aliphatic rings. The summed E-state index contributed by atoms with van der Waals surface area (Å²) in [5, 5.41) is 7.82. The number of nitrogens with one attached hydrogen (secondary N) is 3. The van der Waals surface area contributed by atoms with E-state index in [4.69, 9.17) is 14.2 Å². The molecule has 0 aliphatic carbocycles. The Hall–Kier alpha value is -4.00. The van der Waals surface area contributed by atoms with Gasteiger partial charge in [0.05, 0.1) is 18.0 Å². The average molecular weight is 576 g/mol. The van der Waals surface area contributed by atoms with Crippen LogP contribution >= 0.6 is 11.3 Å². The molecule has 40 heavy (non-hydrogen) atoms. The van der Waals surface area contributed by atoms with Gasteiger partial charge in [-0.1, -0.05) is 23.5 Å². The van der Waals surface area contributed by atoms with Gasteiger partial charge in [-0.2, -0.15) is 0 Å². The predicted octanol–water partition coefficient (Wildman–Crippen LogP) is 5.10. The first kappa shape index (κ1) is 32.2. The normalized spacial score (nSPS) is 11.2. The highest BCUT2D eigenvalue weighted by Crippen LogP contribution is 2.26. The number of hydrogen-bond acceptors (Lipinski definition) is 10. The Kier molecular flexibility index (Phi) is 11.2. The Labute approximate surface area is 237 Å². The van der Waals surface area contributed by atoms with Crippen molar-refractivity contribution in [3.05, 3.63) is 40.4 Å². The number of amides is 3. The lowest BCUT2D eigenvalue weighted by molar-refractivity contribution is -0.114. The summed E-state index contributed by atoms with van der Waals surface area (Å²) in [7, 11) is 0. The lowest BCUT2D eigenvalue weighted by atomic mass is 10.1. The zero-order chi connectivity index (χ0) is 30.1. The van der Waals surface area contributed by atoms with E-state index in [0.717, 1.165) is 16.9 Å². The first-order valence-corrected chi connectivity index (χ1v) is 13.5. The molecule has 0 bridgehead atoms. The first-order chi connectivity index (χ1) is 18.5. The summed E-state index contributed by atoms with van der Waals surface area (Å²) < 4.78 is 15.6. The number of thiazole rings is 1. The molecule has 0 unspecified atom stereocenters. The Morgan fingerprint density at radius 3 is 1.93 bits per heavy atom. The number of alkyl carbamates (subject to hydrolysis) is 2. The van der Waals surface area contributed by atoms with Crippen molar-refractivity contribution in [1.29, 1.82) is 0 Å². The molecule has 0 fully saturated rings. The molecule has 12 nitrogen and oxygen atoms in total. The Balaban J connectivity index is 2.19. The maximum Gasteiger partial charge on any atom is 0.414 e. The largest absolute Gasteiger partial charge is 0.462 e. The van der Waals surface area contributed by atoms with E-state index in [-0.39, 0.29) is 18.5 Å². The van der Waals surface area contributed by atoms with Crippen LogP contribution in [0.2, 0.25) is 0 Å². The van der Waals surface area contributed by atoms with Gasteiger partial charge in [0.25, 0.3) is 0 Å². The van der Waals surface area contributed by atoms with E-state index in [9.17, 15) is 19.2 Å². The molecule has 0 aliphatic heterocycles. The van der Waals surface area contributed by atoms with Crippen molar-refractivity contribution in [3.63, 3.8) is 0 Å². The number of hydrogen-bond donors (Lipinski definition) is 3. The number of carbonyl (C=O) groups excluding carboxylic acids is 4. The number of aryl methyl sites for hydroxylation is 2. The van der Waals surface area contributed by atoms with E-state index in [2.05, 4.69) is 25.9 Å². The standard InChI is InChI=1S/C27H37N5O7S/c1-9-37-21(34)20-19(30-23(40-20)28-16(2)33)15-12-17-10-13-18(14-11-17)29-22(31-24(35)38-26(3,4)5)32-25(36)39-27(6,7)8/h10-11,13-14H,9,12,15H2,1-8H3,(H,28,30,33)(H2,29,31,32,35,36). The third kappa shape index (κ3) is 11.8. The zero-order valence-electron chi connectivity index (χ0n) is 24.1.